The molecule has 1 fully saturated rings. The summed E-state index contributed by atoms with van der Waals surface area (Å²) in [6.07, 6.45) is 5.37. The first-order chi connectivity index (χ1) is 21.3. The molecule has 2 aliphatic heterocycles. The molecule has 44 heavy (non-hydrogen) atoms. The van der Waals surface area contributed by atoms with Crippen LogP contribution in [-0.4, -0.2) is 67.0 Å². The number of rotatable bonds is 8. The minimum atomic E-state index is -0.799. The van der Waals surface area contributed by atoms with Gasteiger partial charge >= 0.3 is 11.9 Å². The summed E-state index contributed by atoms with van der Waals surface area (Å²) in [5.74, 6) is 0.247. The number of hydrogen-bond donors (Lipinski definition) is 0. The summed E-state index contributed by atoms with van der Waals surface area (Å²) in [5, 5.41) is 0. The zero-order valence-corrected chi connectivity index (χ0v) is 25.8. The van der Waals surface area contributed by atoms with E-state index < -0.39 is 30.0 Å². The van der Waals surface area contributed by atoms with E-state index in [1.165, 1.54) is 18.2 Å². The summed E-state index contributed by atoms with van der Waals surface area (Å²) in [6.45, 7) is 8.53. The lowest BCUT2D eigenvalue weighted by atomic mass is 9.74. The van der Waals surface area contributed by atoms with Gasteiger partial charge in [0, 0.05) is 49.1 Å². The maximum Gasteiger partial charge on any atom is 0.338 e. The van der Waals surface area contributed by atoms with Crippen molar-refractivity contribution in [1.82, 2.24) is 9.80 Å². The third-order valence-corrected chi connectivity index (χ3v) is 8.69. The van der Waals surface area contributed by atoms with Crippen molar-refractivity contribution in [1.29, 1.82) is 0 Å². The molecule has 5 rings (SSSR count). The van der Waals surface area contributed by atoms with Crippen molar-refractivity contribution in [2.24, 2.45) is 10.9 Å². The van der Waals surface area contributed by atoms with Gasteiger partial charge in [-0.3, -0.25) is 19.6 Å². The van der Waals surface area contributed by atoms with Crippen molar-refractivity contribution in [3.8, 4) is 12.3 Å². The summed E-state index contributed by atoms with van der Waals surface area (Å²) >= 11 is 0. The zero-order valence-electron chi connectivity index (χ0n) is 25.8. The van der Waals surface area contributed by atoms with Crippen molar-refractivity contribution in [2.45, 2.75) is 39.0 Å². The minimum absolute atomic E-state index is 0.140. The number of nitrogens with zero attached hydrogens (tertiary/aromatic N) is 3. The lowest BCUT2D eigenvalue weighted by Crippen LogP contribution is -2.51. The van der Waals surface area contributed by atoms with Gasteiger partial charge in [0.1, 0.15) is 5.92 Å². The first-order valence-corrected chi connectivity index (χ1v) is 15.0. The number of carbonyl (C=O) groups excluding carboxylic acids is 2. The molecule has 3 atom stereocenters. The van der Waals surface area contributed by atoms with Gasteiger partial charge in [-0.15, -0.1) is 6.42 Å². The Bertz CT molecular complexity index is 1540. The van der Waals surface area contributed by atoms with Crippen LogP contribution in [0.1, 0.15) is 55.0 Å². The lowest BCUT2D eigenvalue weighted by molar-refractivity contribution is -0.155. The van der Waals surface area contributed by atoms with Crippen LogP contribution in [0, 0.1) is 18.3 Å². The van der Waals surface area contributed by atoms with Crippen LogP contribution >= 0.6 is 0 Å². The summed E-state index contributed by atoms with van der Waals surface area (Å²) in [6, 6.07) is 28.6. The molecule has 0 spiro atoms. The molecule has 7 nitrogen and oxygen atoms in total. The summed E-state index contributed by atoms with van der Waals surface area (Å²) in [4.78, 5) is 36.3. The minimum Gasteiger partial charge on any atom is -0.468 e. The molecular weight excluding hydrogens is 550 g/mol. The van der Waals surface area contributed by atoms with Crippen molar-refractivity contribution in [3.63, 3.8) is 0 Å². The Morgan fingerprint density at radius 1 is 0.864 bits per heavy atom. The second-order valence-corrected chi connectivity index (χ2v) is 11.3. The van der Waals surface area contributed by atoms with Gasteiger partial charge in [-0.25, -0.2) is 4.79 Å². The van der Waals surface area contributed by atoms with Gasteiger partial charge in [-0.1, -0.05) is 84.8 Å². The SMILES string of the molecule is C#Cc1ccccc1C1C(C(=O)OC(C)N2CCN(C(c3ccccc3)c3ccccc3)CC2)=C(C)N=C(C)C1C(=O)OC. The fourth-order valence-corrected chi connectivity index (χ4v) is 6.51. The summed E-state index contributed by atoms with van der Waals surface area (Å²) in [7, 11) is 1.34. The van der Waals surface area contributed by atoms with Gasteiger partial charge in [0.05, 0.1) is 18.7 Å². The highest BCUT2D eigenvalue weighted by molar-refractivity contribution is 6.07. The second-order valence-electron chi connectivity index (χ2n) is 11.3. The predicted octanol–water partition coefficient (Wildman–Crippen LogP) is 5.59. The fourth-order valence-electron chi connectivity index (χ4n) is 6.51. The standard InChI is InChI=1S/C37H39N3O4/c1-6-28-15-13-14-20-31(28)34-32(36(41)43-5)25(2)38-26(3)33(34)37(42)44-27(4)39-21-23-40(24-22-39)35(29-16-9-7-10-17-29)30-18-11-8-12-19-30/h1,7-20,27,32,34-35H,21-24H2,2-5H3. The fraction of sp³-hybridized carbons (Fsp3) is 0.324. The smallest absolute Gasteiger partial charge is 0.338 e. The van der Waals surface area contributed by atoms with E-state index in [1.807, 2.05) is 43.3 Å². The molecular formula is C37H39N3O4. The van der Waals surface area contributed by atoms with Crippen molar-refractivity contribution < 1.29 is 19.1 Å². The number of carbonyl (C=O) groups is 2. The van der Waals surface area contributed by atoms with E-state index in [2.05, 4.69) is 69.2 Å². The van der Waals surface area contributed by atoms with Gasteiger partial charge in [0.2, 0.25) is 0 Å². The molecule has 3 aromatic rings. The van der Waals surface area contributed by atoms with E-state index in [0.29, 0.717) is 28.1 Å². The molecule has 3 unspecified atom stereocenters. The predicted molar refractivity (Wildman–Crippen MR) is 172 cm³/mol. The van der Waals surface area contributed by atoms with Crippen LogP contribution in [-0.2, 0) is 19.1 Å². The highest BCUT2D eigenvalue weighted by Crippen LogP contribution is 2.41. The molecule has 1 saturated heterocycles. The number of aliphatic imine (C=N–C) groups is 1. The van der Waals surface area contributed by atoms with Crippen LogP contribution in [0.3, 0.4) is 0 Å². The molecule has 0 aliphatic carbocycles. The van der Waals surface area contributed by atoms with E-state index in [1.54, 1.807) is 13.8 Å². The topological polar surface area (TPSA) is 71.4 Å². The number of benzene rings is 3. The molecule has 7 heteroatoms. The van der Waals surface area contributed by atoms with E-state index >= 15 is 0 Å². The molecule has 3 aromatic carbocycles. The molecule has 2 heterocycles. The normalized spacial score (nSPS) is 20.0. The van der Waals surface area contributed by atoms with E-state index in [9.17, 15) is 9.59 Å². The van der Waals surface area contributed by atoms with E-state index in [4.69, 9.17) is 15.9 Å². The molecule has 0 N–H and O–H groups in total. The van der Waals surface area contributed by atoms with Crippen LogP contribution < -0.4 is 0 Å². The van der Waals surface area contributed by atoms with Gasteiger partial charge in [-0.2, -0.15) is 0 Å². The first kappa shape index (κ1) is 30.9. The first-order valence-electron chi connectivity index (χ1n) is 15.0. The van der Waals surface area contributed by atoms with Crippen molar-refractivity contribution in [2.75, 3.05) is 33.3 Å². The molecule has 0 radical (unpaired) electrons. The van der Waals surface area contributed by atoms with Crippen LogP contribution in [0.25, 0.3) is 0 Å². The van der Waals surface area contributed by atoms with Crippen LogP contribution in [0.4, 0.5) is 0 Å². The average molecular weight is 590 g/mol. The molecule has 2 aliphatic rings. The number of allylic oxidation sites excluding steroid dienone is 1. The maximum absolute atomic E-state index is 14.0. The van der Waals surface area contributed by atoms with Crippen molar-refractivity contribution in [3.05, 3.63) is 118 Å². The van der Waals surface area contributed by atoms with Crippen LogP contribution in [0.15, 0.2) is 101 Å². The third-order valence-electron chi connectivity index (χ3n) is 8.69. The number of hydrogen-bond acceptors (Lipinski definition) is 7. The van der Waals surface area contributed by atoms with Gasteiger partial charge in [0.25, 0.3) is 0 Å². The third kappa shape index (κ3) is 6.37. The highest BCUT2D eigenvalue weighted by Gasteiger charge is 2.43. The Balaban J connectivity index is 1.35. The highest BCUT2D eigenvalue weighted by atomic mass is 16.6. The van der Waals surface area contributed by atoms with Gasteiger partial charge < -0.3 is 9.47 Å². The maximum atomic E-state index is 14.0. The quantitative estimate of drug-likeness (QED) is 0.252. The lowest BCUT2D eigenvalue weighted by Gasteiger charge is -2.41. The van der Waals surface area contributed by atoms with Gasteiger partial charge in [-0.05, 0) is 43.5 Å². The summed E-state index contributed by atoms with van der Waals surface area (Å²) < 4.78 is 11.3. The van der Waals surface area contributed by atoms with E-state index in [-0.39, 0.29) is 6.04 Å². The number of esters is 2. The molecule has 0 saturated carbocycles. The largest absolute Gasteiger partial charge is 0.468 e. The number of methoxy groups -OCH3 is 1. The number of piperazine rings is 1. The van der Waals surface area contributed by atoms with E-state index in [0.717, 1.165) is 26.2 Å². The van der Waals surface area contributed by atoms with Crippen LogP contribution in [0.2, 0.25) is 0 Å². The number of terminal acetylenes is 1. The Hall–Kier alpha value is -4.51. The molecule has 0 amide bonds. The average Bonchev–Trinajstić information content (AvgIpc) is 3.05. The Kier molecular flexibility index (Phi) is 9.74. The van der Waals surface area contributed by atoms with Gasteiger partial charge in [0.15, 0.2) is 6.23 Å². The zero-order chi connectivity index (χ0) is 31.2. The monoisotopic (exact) mass is 589 g/mol. The Morgan fingerprint density at radius 2 is 1.41 bits per heavy atom. The molecule has 0 aromatic heterocycles. The molecule has 0 bridgehead atoms. The Labute approximate surface area is 260 Å². The van der Waals surface area contributed by atoms with Crippen molar-refractivity contribution >= 4 is 17.7 Å². The Morgan fingerprint density at radius 3 is 1.98 bits per heavy atom. The van der Waals surface area contributed by atoms with Crippen LogP contribution in [0.5, 0.6) is 0 Å². The summed E-state index contributed by atoms with van der Waals surface area (Å²) in [5.41, 5.74) is 5.21. The second kappa shape index (κ2) is 13.9. The number of ether oxygens (including phenoxy) is 2. The molecule has 226 valence electrons.